The number of rotatable bonds is 18. The SMILES string of the molecule is CCCCCCCOCCCCCCC/C=C\CCCC1SC(=O)NC1=O. The highest BCUT2D eigenvalue weighted by molar-refractivity contribution is 8.15. The molecule has 156 valence electrons. The number of nitrogens with one attached hydrogen (secondary N) is 1. The predicted molar refractivity (Wildman–Crippen MR) is 115 cm³/mol. The smallest absolute Gasteiger partial charge is 0.286 e. The number of thioether (sulfide) groups is 1. The van der Waals surface area contributed by atoms with Crippen molar-refractivity contribution in [1.82, 2.24) is 5.32 Å². The Morgan fingerprint density at radius 3 is 2.07 bits per heavy atom. The van der Waals surface area contributed by atoms with Crippen molar-refractivity contribution in [2.45, 2.75) is 102 Å². The lowest BCUT2D eigenvalue weighted by Gasteiger charge is -2.04. The summed E-state index contributed by atoms with van der Waals surface area (Å²) in [7, 11) is 0. The van der Waals surface area contributed by atoms with Gasteiger partial charge in [0.2, 0.25) is 5.91 Å². The molecule has 27 heavy (non-hydrogen) atoms. The minimum Gasteiger partial charge on any atom is -0.381 e. The molecule has 0 spiro atoms. The van der Waals surface area contributed by atoms with E-state index >= 15 is 0 Å². The maximum atomic E-state index is 11.4. The Morgan fingerprint density at radius 2 is 1.44 bits per heavy atom. The zero-order chi connectivity index (χ0) is 19.6. The van der Waals surface area contributed by atoms with E-state index in [-0.39, 0.29) is 16.4 Å². The summed E-state index contributed by atoms with van der Waals surface area (Å²) in [5, 5.41) is 1.96. The Morgan fingerprint density at radius 1 is 0.852 bits per heavy atom. The van der Waals surface area contributed by atoms with Crippen LogP contribution in [0.4, 0.5) is 4.79 Å². The standard InChI is InChI=1S/C22H39NO3S/c1-2-3-4-12-15-18-26-19-16-13-10-8-6-5-7-9-11-14-17-20-21(24)23-22(25)27-20/h7,9,20H,2-6,8,10-19H2,1H3,(H,23,24,25)/b9-7-. The van der Waals surface area contributed by atoms with Crippen LogP contribution in [-0.2, 0) is 9.53 Å². The van der Waals surface area contributed by atoms with Crippen LogP contribution in [0.15, 0.2) is 12.2 Å². The fraction of sp³-hybridized carbons (Fsp3) is 0.818. The lowest BCUT2D eigenvalue weighted by atomic mass is 10.1. The second-order valence-electron chi connectivity index (χ2n) is 7.37. The van der Waals surface area contributed by atoms with E-state index in [0.717, 1.165) is 50.7 Å². The molecule has 0 aromatic rings. The highest BCUT2D eigenvalue weighted by Crippen LogP contribution is 2.23. The first kappa shape index (κ1) is 24.2. The number of ether oxygens (including phenoxy) is 1. The Hall–Kier alpha value is -0.810. The van der Waals surface area contributed by atoms with Gasteiger partial charge in [-0.25, -0.2) is 0 Å². The van der Waals surface area contributed by atoms with Crippen molar-refractivity contribution >= 4 is 22.9 Å². The average molecular weight is 398 g/mol. The summed E-state index contributed by atoms with van der Waals surface area (Å²) < 4.78 is 5.69. The van der Waals surface area contributed by atoms with Gasteiger partial charge in [-0.15, -0.1) is 0 Å². The van der Waals surface area contributed by atoms with Gasteiger partial charge in [-0.3, -0.25) is 14.9 Å². The van der Waals surface area contributed by atoms with Crippen molar-refractivity contribution in [3.05, 3.63) is 12.2 Å². The molecule has 1 atom stereocenters. The van der Waals surface area contributed by atoms with Gasteiger partial charge in [0, 0.05) is 13.2 Å². The fourth-order valence-electron chi connectivity index (χ4n) is 3.15. The molecule has 1 aliphatic heterocycles. The zero-order valence-corrected chi connectivity index (χ0v) is 18.0. The van der Waals surface area contributed by atoms with Crippen LogP contribution in [0.25, 0.3) is 0 Å². The van der Waals surface area contributed by atoms with Gasteiger partial charge < -0.3 is 4.74 Å². The Bertz CT molecular complexity index is 426. The minimum atomic E-state index is -0.200. The molecule has 4 nitrogen and oxygen atoms in total. The molecule has 0 saturated carbocycles. The number of amides is 2. The van der Waals surface area contributed by atoms with Gasteiger partial charge in [0.1, 0.15) is 0 Å². The van der Waals surface area contributed by atoms with Crippen LogP contribution >= 0.6 is 11.8 Å². The predicted octanol–water partition coefficient (Wildman–Crippen LogP) is 6.39. The van der Waals surface area contributed by atoms with Crippen LogP contribution < -0.4 is 5.32 Å². The number of carbonyl (C=O) groups is 2. The highest BCUT2D eigenvalue weighted by atomic mass is 32.2. The monoisotopic (exact) mass is 397 g/mol. The maximum absolute atomic E-state index is 11.4. The molecule has 0 aromatic carbocycles. The van der Waals surface area contributed by atoms with E-state index < -0.39 is 0 Å². The van der Waals surface area contributed by atoms with Gasteiger partial charge in [-0.2, -0.15) is 0 Å². The Kier molecular flexibility index (Phi) is 15.5. The molecule has 1 fully saturated rings. The molecule has 0 bridgehead atoms. The molecule has 0 aliphatic carbocycles. The number of allylic oxidation sites excluding steroid dienone is 2. The first-order valence-corrected chi connectivity index (χ1v) is 11.9. The highest BCUT2D eigenvalue weighted by Gasteiger charge is 2.30. The Labute approximate surface area is 170 Å². The van der Waals surface area contributed by atoms with Crippen molar-refractivity contribution in [3.63, 3.8) is 0 Å². The van der Waals surface area contributed by atoms with Crippen LogP contribution in [0.5, 0.6) is 0 Å². The molecule has 5 heteroatoms. The van der Waals surface area contributed by atoms with E-state index in [9.17, 15) is 9.59 Å². The summed E-state index contributed by atoms with van der Waals surface area (Å²) >= 11 is 1.13. The molecule has 0 radical (unpaired) electrons. The van der Waals surface area contributed by atoms with Crippen LogP contribution in [-0.4, -0.2) is 29.6 Å². The first-order valence-electron chi connectivity index (χ1n) is 11.0. The van der Waals surface area contributed by atoms with Gasteiger partial charge >= 0.3 is 0 Å². The second kappa shape index (κ2) is 17.3. The topological polar surface area (TPSA) is 55.4 Å². The van der Waals surface area contributed by atoms with Gasteiger partial charge in [0.05, 0.1) is 5.25 Å². The number of hydrogen-bond donors (Lipinski definition) is 1. The summed E-state index contributed by atoms with van der Waals surface area (Å²) in [6.07, 6.45) is 21.2. The van der Waals surface area contributed by atoms with Crippen LogP contribution in [0.3, 0.4) is 0 Å². The molecule has 2 amide bonds. The molecule has 1 aliphatic rings. The normalized spacial score (nSPS) is 17.1. The molecule has 1 heterocycles. The lowest BCUT2D eigenvalue weighted by Crippen LogP contribution is -2.23. The van der Waals surface area contributed by atoms with E-state index in [1.54, 1.807) is 0 Å². The quantitative estimate of drug-likeness (QED) is 0.215. The summed E-state index contributed by atoms with van der Waals surface area (Å²) in [5.74, 6) is -0.119. The van der Waals surface area contributed by atoms with Gasteiger partial charge in [-0.05, 0) is 44.9 Å². The Balaban J connectivity index is 1.75. The van der Waals surface area contributed by atoms with E-state index in [1.165, 1.54) is 64.2 Å². The molecular formula is C22H39NO3S. The molecule has 0 aromatic heterocycles. The van der Waals surface area contributed by atoms with Crippen molar-refractivity contribution in [2.75, 3.05) is 13.2 Å². The van der Waals surface area contributed by atoms with E-state index in [4.69, 9.17) is 4.74 Å². The summed E-state index contributed by atoms with van der Waals surface area (Å²) in [6.45, 7) is 4.11. The maximum Gasteiger partial charge on any atom is 0.286 e. The van der Waals surface area contributed by atoms with Crippen LogP contribution in [0.1, 0.15) is 96.8 Å². The number of hydrogen-bond acceptors (Lipinski definition) is 4. The van der Waals surface area contributed by atoms with E-state index in [0.29, 0.717) is 0 Å². The third-order valence-electron chi connectivity index (χ3n) is 4.82. The van der Waals surface area contributed by atoms with Crippen molar-refractivity contribution in [3.8, 4) is 0 Å². The third kappa shape index (κ3) is 13.9. The number of imide groups is 1. The molecule has 1 N–H and O–H groups in total. The van der Waals surface area contributed by atoms with Crippen LogP contribution in [0, 0.1) is 0 Å². The van der Waals surface area contributed by atoms with Gasteiger partial charge in [0.25, 0.3) is 5.24 Å². The molecule has 1 saturated heterocycles. The lowest BCUT2D eigenvalue weighted by molar-refractivity contribution is -0.119. The third-order valence-corrected chi connectivity index (χ3v) is 5.87. The minimum absolute atomic E-state index is 0.119. The number of unbranched alkanes of at least 4 members (excludes halogenated alkanes) is 10. The van der Waals surface area contributed by atoms with Crippen molar-refractivity contribution in [1.29, 1.82) is 0 Å². The summed E-state index contributed by atoms with van der Waals surface area (Å²) in [5.41, 5.74) is 0. The summed E-state index contributed by atoms with van der Waals surface area (Å²) in [4.78, 5) is 22.5. The second-order valence-corrected chi connectivity index (χ2v) is 8.54. The largest absolute Gasteiger partial charge is 0.381 e. The van der Waals surface area contributed by atoms with Gasteiger partial charge in [-0.1, -0.05) is 75.8 Å². The van der Waals surface area contributed by atoms with Crippen LogP contribution in [0.2, 0.25) is 0 Å². The first-order chi connectivity index (χ1) is 13.2. The molecule has 1 unspecified atom stereocenters. The zero-order valence-electron chi connectivity index (χ0n) is 17.2. The van der Waals surface area contributed by atoms with E-state index in [2.05, 4.69) is 24.4 Å². The van der Waals surface area contributed by atoms with E-state index in [1.807, 2.05) is 0 Å². The average Bonchev–Trinajstić information content (AvgIpc) is 2.98. The summed E-state index contributed by atoms with van der Waals surface area (Å²) in [6, 6.07) is 0. The fourth-order valence-corrected chi connectivity index (χ4v) is 4.01. The van der Waals surface area contributed by atoms with Crippen molar-refractivity contribution in [2.24, 2.45) is 0 Å². The molecular weight excluding hydrogens is 358 g/mol. The van der Waals surface area contributed by atoms with Crippen molar-refractivity contribution < 1.29 is 14.3 Å². The van der Waals surface area contributed by atoms with Gasteiger partial charge in [0.15, 0.2) is 0 Å². The molecule has 1 rings (SSSR count). The number of carbonyl (C=O) groups excluding carboxylic acids is 2.